The van der Waals surface area contributed by atoms with Gasteiger partial charge in [0.1, 0.15) is 0 Å². The van der Waals surface area contributed by atoms with Crippen molar-refractivity contribution in [3.05, 3.63) is 18.0 Å². The van der Waals surface area contributed by atoms with Gasteiger partial charge in [0, 0.05) is 4.73 Å². The Kier molecular flexibility index (Phi) is 3.14. The van der Waals surface area contributed by atoms with E-state index in [0.717, 1.165) is 12.3 Å². The fraction of sp³-hybridized carbons (Fsp3) is 0. The first kappa shape index (κ1) is 10.6. The molecule has 2 N–H and O–H groups in total. The highest BCUT2D eigenvalue weighted by Gasteiger charge is 2.23. The van der Waals surface area contributed by atoms with Gasteiger partial charge >= 0.3 is 19.7 Å². The summed E-state index contributed by atoms with van der Waals surface area (Å²) < 4.78 is 10.1. The van der Waals surface area contributed by atoms with Gasteiger partial charge in [0.25, 0.3) is 6.20 Å². The Labute approximate surface area is 82.8 Å². The molecule has 1 atom stereocenters. The van der Waals surface area contributed by atoms with E-state index in [4.69, 9.17) is 14.3 Å². The van der Waals surface area contributed by atoms with Crippen LogP contribution in [0.3, 0.4) is 0 Å². The van der Waals surface area contributed by atoms with Crippen molar-refractivity contribution >= 4 is 23.5 Å². The summed E-state index contributed by atoms with van der Waals surface area (Å²) >= 11 is 0. The Morgan fingerprint density at radius 3 is 2.64 bits per heavy atom. The molecule has 1 heterocycles. The maximum Gasteiger partial charge on any atom is 0.406 e. The van der Waals surface area contributed by atoms with Crippen LogP contribution in [-0.4, -0.2) is 24.3 Å². The van der Waals surface area contributed by atoms with Crippen LogP contribution in [0.15, 0.2) is 12.3 Å². The molecule has 6 nitrogen and oxygen atoms in total. The van der Waals surface area contributed by atoms with Crippen LogP contribution in [0, 0.1) is 0 Å². The third-order valence-corrected chi connectivity index (χ3v) is 1.82. The Morgan fingerprint density at radius 1 is 1.57 bits per heavy atom. The predicted octanol–water partition coefficient (Wildman–Crippen LogP) is -0.995. The topological polar surface area (TPSA) is 79.9 Å². The van der Waals surface area contributed by atoms with Crippen molar-refractivity contribution in [3.63, 3.8) is 0 Å². The largest absolute Gasteiger partial charge is 0.565 e. The molecule has 0 aliphatic carbocycles. The number of carboxylic acids is 1. The summed E-state index contributed by atoms with van der Waals surface area (Å²) in [6.45, 7) is 0. The number of aromatic carboxylic acids is 1. The number of hydrogen-bond donors (Lipinski definition) is 2. The van der Waals surface area contributed by atoms with Gasteiger partial charge in [0.05, 0.1) is 15.5 Å². The molecule has 1 unspecified atom stereocenters. The number of carbonyl (C=O) groups is 1. The predicted molar refractivity (Wildman–Crippen MR) is 50.3 cm³/mol. The van der Waals surface area contributed by atoms with Crippen LogP contribution in [0.5, 0.6) is 11.5 Å². The van der Waals surface area contributed by atoms with Crippen LogP contribution in [0.2, 0.25) is 0 Å². The molecule has 0 saturated heterocycles. The molecule has 8 heteroatoms. The Balaban J connectivity index is 3.30. The molecule has 1 aromatic rings. The fourth-order valence-electron chi connectivity index (χ4n) is 0.913. The SMILES string of the molecule is BOc1cc(C(=O)O)[n+](O)cc1OP. The molecule has 0 radical (unpaired) electrons. The number of aromatic nitrogens is 1. The summed E-state index contributed by atoms with van der Waals surface area (Å²) in [4.78, 5) is 10.6. The zero-order valence-corrected chi connectivity index (χ0v) is 8.45. The molecule has 74 valence electrons. The zero-order valence-electron chi connectivity index (χ0n) is 7.30. The second-order valence-electron chi connectivity index (χ2n) is 2.36. The lowest BCUT2D eigenvalue weighted by atomic mass is 10.3. The standard InChI is InChI=1S/C6H7BNO5P/c7-12-4-1-3(6(9)10)8(11)2-5(4)13-14/h1-2H,7,14H2,(H-,9,10,11)/p+1. The molecule has 0 aliphatic rings. The summed E-state index contributed by atoms with van der Waals surface area (Å²) in [5.41, 5.74) is -0.312. The van der Waals surface area contributed by atoms with E-state index in [1.54, 1.807) is 0 Å². The van der Waals surface area contributed by atoms with Crippen LogP contribution >= 0.6 is 9.47 Å². The highest BCUT2D eigenvalue weighted by atomic mass is 31.0. The molecule has 1 aromatic heterocycles. The minimum atomic E-state index is -1.26. The highest BCUT2D eigenvalue weighted by Crippen LogP contribution is 2.26. The van der Waals surface area contributed by atoms with Gasteiger partial charge in [-0.25, -0.2) is 4.79 Å². The van der Waals surface area contributed by atoms with Gasteiger partial charge in [-0.05, 0) is 0 Å². The lowest BCUT2D eigenvalue weighted by Gasteiger charge is -2.04. The lowest BCUT2D eigenvalue weighted by molar-refractivity contribution is -0.906. The normalized spacial score (nSPS) is 9.50. The summed E-state index contributed by atoms with van der Waals surface area (Å²) in [5.74, 6) is -0.825. The van der Waals surface area contributed by atoms with Gasteiger partial charge in [-0.15, -0.1) is 0 Å². The summed E-state index contributed by atoms with van der Waals surface area (Å²) in [6, 6.07) is 1.15. The molecule has 0 aliphatic heterocycles. The Morgan fingerprint density at radius 2 is 2.21 bits per heavy atom. The first-order chi connectivity index (χ1) is 6.60. The van der Waals surface area contributed by atoms with E-state index in [9.17, 15) is 10.0 Å². The van der Waals surface area contributed by atoms with Crippen LogP contribution in [0.25, 0.3) is 0 Å². The fourth-order valence-corrected chi connectivity index (χ4v) is 1.09. The number of carboxylic acid groups (broad SMARTS) is 1. The van der Waals surface area contributed by atoms with Crippen molar-refractivity contribution in [2.45, 2.75) is 0 Å². The van der Waals surface area contributed by atoms with Crippen LogP contribution in [-0.2, 0) is 0 Å². The Bertz CT molecular complexity index is 371. The van der Waals surface area contributed by atoms with Gasteiger partial charge in [-0.3, -0.25) is 5.21 Å². The third kappa shape index (κ3) is 1.88. The van der Waals surface area contributed by atoms with Crippen molar-refractivity contribution in [2.24, 2.45) is 0 Å². The monoisotopic (exact) mass is 216 g/mol. The molecule has 0 fully saturated rings. The minimum absolute atomic E-state index is 0.213. The van der Waals surface area contributed by atoms with E-state index in [0.29, 0.717) is 4.73 Å². The van der Waals surface area contributed by atoms with Crippen molar-refractivity contribution in [2.75, 3.05) is 0 Å². The van der Waals surface area contributed by atoms with Gasteiger partial charge in [-0.1, -0.05) is 0 Å². The van der Waals surface area contributed by atoms with Crippen molar-refractivity contribution in [1.82, 2.24) is 0 Å². The van der Waals surface area contributed by atoms with Gasteiger partial charge in [-0.2, -0.15) is 0 Å². The number of rotatable bonds is 3. The average molecular weight is 216 g/mol. The second kappa shape index (κ2) is 4.15. The van der Waals surface area contributed by atoms with E-state index in [-0.39, 0.29) is 17.2 Å². The molecule has 0 bridgehead atoms. The number of pyridine rings is 1. The number of nitrogens with zero attached hydrogens (tertiary/aromatic N) is 1. The number of hydrogen-bond acceptors (Lipinski definition) is 4. The van der Waals surface area contributed by atoms with Crippen LogP contribution < -0.4 is 13.9 Å². The van der Waals surface area contributed by atoms with E-state index in [2.05, 4.69) is 0 Å². The maximum absolute atomic E-state index is 10.6. The molecule has 0 aromatic carbocycles. The van der Waals surface area contributed by atoms with Crippen molar-refractivity contribution in [1.29, 1.82) is 0 Å². The molecule has 0 spiro atoms. The molecular weight excluding hydrogens is 208 g/mol. The van der Waals surface area contributed by atoms with Crippen molar-refractivity contribution in [3.8, 4) is 11.5 Å². The lowest BCUT2D eigenvalue weighted by Crippen LogP contribution is -2.37. The first-order valence-corrected chi connectivity index (χ1v) is 4.00. The smallest absolute Gasteiger partial charge is 0.406 e. The first-order valence-electron chi connectivity index (χ1n) is 3.53. The quantitative estimate of drug-likeness (QED) is 0.293. The van der Waals surface area contributed by atoms with Crippen molar-refractivity contribution < 1.29 is 29.0 Å². The highest BCUT2D eigenvalue weighted by molar-refractivity contribution is 7.10. The summed E-state index contributed by atoms with van der Waals surface area (Å²) in [5, 5.41) is 17.9. The molecule has 0 amide bonds. The third-order valence-electron chi connectivity index (χ3n) is 1.56. The molecular formula is C6H8BNO5P+. The van der Waals surface area contributed by atoms with Crippen LogP contribution in [0.1, 0.15) is 10.5 Å². The Hall–Kier alpha value is -1.49. The second-order valence-corrected chi connectivity index (χ2v) is 2.59. The van der Waals surface area contributed by atoms with Gasteiger partial charge in [0.15, 0.2) is 5.75 Å². The molecule has 0 saturated carbocycles. The van der Waals surface area contributed by atoms with E-state index in [1.165, 1.54) is 8.05 Å². The molecule has 1 rings (SSSR count). The summed E-state index contributed by atoms with van der Waals surface area (Å²) in [6.07, 6.45) is 1.09. The maximum atomic E-state index is 10.6. The van der Waals surface area contributed by atoms with E-state index in [1.807, 2.05) is 9.47 Å². The zero-order chi connectivity index (χ0) is 10.7. The van der Waals surface area contributed by atoms with E-state index < -0.39 is 5.97 Å². The van der Waals surface area contributed by atoms with Gasteiger partial charge < -0.3 is 14.3 Å². The average Bonchev–Trinajstić information content (AvgIpc) is 2.16. The minimum Gasteiger partial charge on any atom is -0.565 e. The van der Waals surface area contributed by atoms with Crippen LogP contribution in [0.4, 0.5) is 0 Å². The van der Waals surface area contributed by atoms with Gasteiger partial charge in [0.2, 0.25) is 5.75 Å². The summed E-state index contributed by atoms with van der Waals surface area (Å²) in [7, 11) is 3.34. The van der Waals surface area contributed by atoms with E-state index >= 15 is 0 Å². The molecule has 14 heavy (non-hydrogen) atoms.